The standard InChI is InChI=1S/C21H33N5O2/c1-22-20(27)16-24-12-14-25(15-13-24)17-21(28)23-18-6-8-19(9-7-18)26-10-4-2-3-5-11-26/h6-9H,2-5,10-17H2,1H3,(H,22,27)(H,23,28). The second-order valence-corrected chi connectivity index (χ2v) is 7.72. The fourth-order valence-electron chi connectivity index (χ4n) is 3.88. The van der Waals surface area contributed by atoms with Crippen LogP contribution < -0.4 is 15.5 Å². The van der Waals surface area contributed by atoms with Crippen LogP contribution in [-0.4, -0.2) is 81.0 Å². The Balaban J connectivity index is 1.42. The molecule has 2 N–H and O–H groups in total. The van der Waals surface area contributed by atoms with Crippen LogP contribution in [-0.2, 0) is 9.59 Å². The van der Waals surface area contributed by atoms with Gasteiger partial charge in [0.05, 0.1) is 13.1 Å². The Kier molecular flexibility index (Phi) is 7.68. The second kappa shape index (κ2) is 10.4. The van der Waals surface area contributed by atoms with Gasteiger partial charge in [-0.1, -0.05) is 12.8 Å². The Morgan fingerprint density at radius 2 is 1.32 bits per heavy atom. The van der Waals surface area contributed by atoms with Crippen molar-refractivity contribution in [3.63, 3.8) is 0 Å². The van der Waals surface area contributed by atoms with Gasteiger partial charge in [0.15, 0.2) is 0 Å². The molecule has 1 aromatic carbocycles. The number of amides is 2. The zero-order valence-electron chi connectivity index (χ0n) is 17.0. The molecular weight excluding hydrogens is 354 g/mol. The van der Waals surface area contributed by atoms with Gasteiger partial charge in [0.1, 0.15) is 0 Å². The predicted octanol–water partition coefficient (Wildman–Crippen LogP) is 1.37. The van der Waals surface area contributed by atoms with Gasteiger partial charge in [-0.3, -0.25) is 19.4 Å². The van der Waals surface area contributed by atoms with E-state index < -0.39 is 0 Å². The minimum absolute atomic E-state index is 0.0160. The third kappa shape index (κ3) is 6.21. The van der Waals surface area contributed by atoms with E-state index in [0.717, 1.165) is 45.0 Å². The van der Waals surface area contributed by atoms with Gasteiger partial charge in [-0.25, -0.2) is 0 Å². The molecule has 7 heteroatoms. The highest BCUT2D eigenvalue weighted by molar-refractivity contribution is 5.92. The van der Waals surface area contributed by atoms with Crippen LogP contribution in [0.3, 0.4) is 0 Å². The number of nitrogens with zero attached hydrogens (tertiary/aromatic N) is 3. The van der Waals surface area contributed by atoms with Crippen LogP contribution >= 0.6 is 0 Å². The summed E-state index contributed by atoms with van der Waals surface area (Å²) in [5, 5.41) is 5.66. The average molecular weight is 388 g/mol. The molecule has 0 aromatic heterocycles. The first-order chi connectivity index (χ1) is 13.6. The van der Waals surface area contributed by atoms with Gasteiger partial charge in [0.25, 0.3) is 0 Å². The highest BCUT2D eigenvalue weighted by Crippen LogP contribution is 2.21. The summed E-state index contributed by atoms with van der Waals surface area (Å²) < 4.78 is 0. The summed E-state index contributed by atoms with van der Waals surface area (Å²) in [6, 6.07) is 8.22. The first-order valence-electron chi connectivity index (χ1n) is 10.4. The van der Waals surface area contributed by atoms with Gasteiger partial charge in [0.2, 0.25) is 11.8 Å². The van der Waals surface area contributed by atoms with Crippen LogP contribution in [0.15, 0.2) is 24.3 Å². The zero-order chi connectivity index (χ0) is 19.8. The normalized spacial score (nSPS) is 19.1. The van der Waals surface area contributed by atoms with Gasteiger partial charge in [-0.05, 0) is 37.1 Å². The van der Waals surface area contributed by atoms with E-state index in [2.05, 4.69) is 37.5 Å². The number of piperazine rings is 1. The van der Waals surface area contributed by atoms with Crippen LogP contribution in [0.1, 0.15) is 25.7 Å². The van der Waals surface area contributed by atoms with Crippen molar-refractivity contribution in [1.29, 1.82) is 0 Å². The SMILES string of the molecule is CNC(=O)CN1CCN(CC(=O)Nc2ccc(N3CCCCCC3)cc2)CC1. The van der Waals surface area contributed by atoms with Gasteiger partial charge >= 0.3 is 0 Å². The van der Waals surface area contributed by atoms with Gasteiger partial charge in [-0.2, -0.15) is 0 Å². The van der Waals surface area contributed by atoms with E-state index in [4.69, 9.17) is 0 Å². The summed E-state index contributed by atoms with van der Waals surface area (Å²) in [7, 11) is 1.66. The fourth-order valence-corrected chi connectivity index (χ4v) is 3.88. The van der Waals surface area contributed by atoms with Crippen LogP contribution in [0.25, 0.3) is 0 Å². The predicted molar refractivity (Wildman–Crippen MR) is 113 cm³/mol. The molecule has 154 valence electrons. The molecule has 7 nitrogen and oxygen atoms in total. The molecule has 0 unspecified atom stereocenters. The lowest BCUT2D eigenvalue weighted by Crippen LogP contribution is -2.50. The highest BCUT2D eigenvalue weighted by Gasteiger charge is 2.20. The molecule has 2 amide bonds. The molecule has 28 heavy (non-hydrogen) atoms. The summed E-state index contributed by atoms with van der Waals surface area (Å²) >= 11 is 0. The molecule has 0 aliphatic carbocycles. The molecule has 2 fully saturated rings. The van der Waals surface area contributed by atoms with Gasteiger partial charge in [0, 0.05) is 57.7 Å². The minimum Gasteiger partial charge on any atom is -0.372 e. The third-order valence-electron chi connectivity index (χ3n) is 5.60. The molecule has 2 saturated heterocycles. The Bertz CT molecular complexity index is 633. The summed E-state index contributed by atoms with van der Waals surface area (Å²) in [5.74, 6) is 0.0529. The van der Waals surface area contributed by atoms with Crippen LogP contribution in [0.4, 0.5) is 11.4 Å². The first-order valence-corrected chi connectivity index (χ1v) is 10.4. The molecule has 1 aromatic rings. The van der Waals surface area contributed by atoms with Crippen molar-refractivity contribution in [3.8, 4) is 0 Å². The lowest BCUT2D eigenvalue weighted by atomic mass is 10.2. The summed E-state index contributed by atoms with van der Waals surface area (Å²) in [4.78, 5) is 30.5. The molecule has 3 rings (SSSR count). The molecule has 0 atom stereocenters. The monoisotopic (exact) mass is 387 g/mol. The molecular formula is C21H33N5O2. The minimum atomic E-state index is 0.0160. The van der Waals surface area contributed by atoms with E-state index in [9.17, 15) is 9.59 Å². The Labute approximate surface area is 168 Å². The lowest BCUT2D eigenvalue weighted by Gasteiger charge is -2.33. The Morgan fingerprint density at radius 3 is 1.86 bits per heavy atom. The lowest BCUT2D eigenvalue weighted by molar-refractivity contribution is -0.123. The van der Waals surface area contributed by atoms with Crippen LogP contribution in [0.5, 0.6) is 0 Å². The maximum Gasteiger partial charge on any atom is 0.238 e. The molecule has 2 aliphatic heterocycles. The number of likely N-dealkylation sites (N-methyl/N-ethyl adjacent to an activating group) is 1. The molecule has 0 saturated carbocycles. The smallest absolute Gasteiger partial charge is 0.238 e. The van der Waals surface area contributed by atoms with Crippen LogP contribution in [0.2, 0.25) is 0 Å². The third-order valence-corrected chi connectivity index (χ3v) is 5.60. The summed E-state index contributed by atoms with van der Waals surface area (Å²) in [6.07, 6.45) is 5.17. The number of carbonyl (C=O) groups is 2. The van der Waals surface area contributed by atoms with E-state index in [1.807, 2.05) is 12.1 Å². The summed E-state index contributed by atoms with van der Waals surface area (Å²) in [5.41, 5.74) is 2.09. The van der Waals surface area contributed by atoms with Crippen molar-refractivity contribution < 1.29 is 9.59 Å². The van der Waals surface area contributed by atoms with Crippen molar-refractivity contribution in [1.82, 2.24) is 15.1 Å². The zero-order valence-corrected chi connectivity index (χ0v) is 17.0. The fraction of sp³-hybridized carbons (Fsp3) is 0.619. The maximum atomic E-state index is 12.4. The van der Waals surface area contributed by atoms with Gasteiger partial charge < -0.3 is 15.5 Å². The number of hydrogen-bond donors (Lipinski definition) is 2. The van der Waals surface area contributed by atoms with Crippen molar-refractivity contribution in [2.75, 3.05) is 69.6 Å². The molecule has 2 heterocycles. The molecule has 0 spiro atoms. The maximum absolute atomic E-state index is 12.4. The van der Waals surface area contributed by atoms with Crippen molar-refractivity contribution in [2.24, 2.45) is 0 Å². The van der Waals surface area contributed by atoms with Gasteiger partial charge in [-0.15, -0.1) is 0 Å². The number of benzene rings is 1. The van der Waals surface area contributed by atoms with E-state index in [0.29, 0.717) is 13.1 Å². The Morgan fingerprint density at radius 1 is 0.786 bits per heavy atom. The van der Waals surface area contributed by atoms with E-state index >= 15 is 0 Å². The number of carbonyl (C=O) groups excluding carboxylic acids is 2. The molecule has 0 bridgehead atoms. The number of anilines is 2. The summed E-state index contributed by atoms with van der Waals surface area (Å²) in [6.45, 7) is 6.30. The van der Waals surface area contributed by atoms with Crippen LogP contribution in [0, 0.1) is 0 Å². The van der Waals surface area contributed by atoms with Crippen molar-refractivity contribution >= 4 is 23.2 Å². The number of rotatable bonds is 6. The number of hydrogen-bond acceptors (Lipinski definition) is 5. The van der Waals surface area contributed by atoms with Crippen molar-refractivity contribution in [2.45, 2.75) is 25.7 Å². The topological polar surface area (TPSA) is 67.9 Å². The quantitative estimate of drug-likeness (QED) is 0.772. The van der Waals surface area contributed by atoms with E-state index in [1.54, 1.807) is 7.05 Å². The van der Waals surface area contributed by atoms with E-state index in [1.165, 1.54) is 31.4 Å². The highest BCUT2D eigenvalue weighted by atomic mass is 16.2. The number of nitrogens with one attached hydrogen (secondary N) is 2. The molecule has 0 radical (unpaired) electrons. The largest absolute Gasteiger partial charge is 0.372 e. The van der Waals surface area contributed by atoms with Crippen molar-refractivity contribution in [3.05, 3.63) is 24.3 Å². The average Bonchev–Trinajstić information content (AvgIpc) is 2.99. The first kappa shape index (κ1) is 20.6. The van der Waals surface area contributed by atoms with E-state index in [-0.39, 0.29) is 11.8 Å². The molecule has 2 aliphatic rings. The Hall–Kier alpha value is -2.12. The second-order valence-electron chi connectivity index (χ2n) is 7.72.